The molecule has 1 aliphatic carbocycles. The van der Waals surface area contributed by atoms with Gasteiger partial charge in [0.1, 0.15) is 0 Å². The fraction of sp³-hybridized carbons (Fsp3) is 0.875. The number of hydrogen-bond acceptors (Lipinski definition) is 0. The molecule has 0 N–H and O–H groups in total. The van der Waals surface area contributed by atoms with Gasteiger partial charge in [0.15, 0.2) is 0 Å². The van der Waals surface area contributed by atoms with E-state index in [0.717, 1.165) is 5.92 Å². The van der Waals surface area contributed by atoms with Crippen molar-refractivity contribution in [3.8, 4) is 0 Å². The van der Waals surface area contributed by atoms with Crippen molar-refractivity contribution in [1.29, 1.82) is 0 Å². The lowest BCUT2D eigenvalue weighted by Gasteiger charge is -2.39. The molecule has 0 saturated heterocycles. The molecule has 1 heteroatoms. The first-order valence-corrected chi connectivity index (χ1v) is 8.60. The molecule has 1 saturated carbocycles. The van der Waals surface area contributed by atoms with E-state index in [1.807, 2.05) is 0 Å². The van der Waals surface area contributed by atoms with Crippen LogP contribution in [0, 0.1) is 5.92 Å². The Morgan fingerprint density at radius 3 is 1.71 bits per heavy atom. The predicted molar refractivity (Wildman–Crippen MR) is 82.1 cm³/mol. The topological polar surface area (TPSA) is 0 Å². The Kier molecular flexibility index (Phi) is 5.26. The molecular formula is C16H31P. The van der Waals surface area contributed by atoms with E-state index in [4.69, 9.17) is 0 Å². The van der Waals surface area contributed by atoms with Gasteiger partial charge in [-0.15, -0.1) is 0 Å². The Morgan fingerprint density at radius 2 is 1.29 bits per heavy atom. The molecule has 0 spiro atoms. The summed E-state index contributed by atoms with van der Waals surface area (Å²) in [4.78, 5) is 0. The zero-order valence-electron chi connectivity index (χ0n) is 12.7. The third-order valence-electron chi connectivity index (χ3n) is 3.60. The van der Waals surface area contributed by atoms with E-state index in [-0.39, 0.29) is 7.92 Å². The standard InChI is InChI=1S/C16H31P/c1-15(2,3)17(16(4,5)6)13-12-14-10-8-7-9-11-14/h12-14H,7-11H2,1-6H3/b13-12+. The van der Waals surface area contributed by atoms with Gasteiger partial charge in [0.05, 0.1) is 0 Å². The minimum absolute atomic E-state index is 0.0482. The van der Waals surface area contributed by atoms with Crippen LogP contribution in [0.5, 0.6) is 0 Å². The van der Waals surface area contributed by atoms with Gasteiger partial charge in [-0.1, -0.05) is 80.6 Å². The van der Waals surface area contributed by atoms with Crippen LogP contribution in [0.15, 0.2) is 11.9 Å². The molecule has 0 aromatic rings. The molecule has 0 atom stereocenters. The molecule has 0 nitrogen and oxygen atoms in total. The van der Waals surface area contributed by atoms with E-state index in [1.165, 1.54) is 32.1 Å². The van der Waals surface area contributed by atoms with Crippen molar-refractivity contribution in [1.82, 2.24) is 0 Å². The highest BCUT2D eigenvalue weighted by atomic mass is 31.1. The molecule has 0 aromatic carbocycles. The van der Waals surface area contributed by atoms with Gasteiger partial charge in [0, 0.05) is 0 Å². The van der Waals surface area contributed by atoms with Gasteiger partial charge in [-0.05, 0) is 29.1 Å². The molecule has 0 bridgehead atoms. The Balaban J connectivity index is 2.69. The summed E-state index contributed by atoms with van der Waals surface area (Å²) in [6.45, 7) is 14.4. The van der Waals surface area contributed by atoms with E-state index in [1.54, 1.807) is 0 Å². The zero-order chi connectivity index (χ0) is 13.1. The van der Waals surface area contributed by atoms with Crippen molar-refractivity contribution in [3.05, 3.63) is 11.9 Å². The van der Waals surface area contributed by atoms with Crippen LogP contribution in [-0.2, 0) is 0 Å². The SMILES string of the molecule is CC(C)(C)P(/C=C/C1CCCCC1)C(C)(C)C. The lowest BCUT2D eigenvalue weighted by molar-refractivity contribution is 0.419. The summed E-state index contributed by atoms with van der Waals surface area (Å²) in [6.07, 6.45) is 9.75. The summed E-state index contributed by atoms with van der Waals surface area (Å²) in [5.74, 6) is 3.46. The van der Waals surface area contributed by atoms with Gasteiger partial charge in [-0.2, -0.15) is 0 Å². The smallest absolute Gasteiger partial charge is 0.0140 e. The molecule has 0 radical (unpaired) electrons. The van der Waals surface area contributed by atoms with E-state index in [9.17, 15) is 0 Å². The van der Waals surface area contributed by atoms with Gasteiger partial charge in [0.25, 0.3) is 0 Å². The normalized spacial score (nSPS) is 20.4. The second-order valence-corrected chi connectivity index (χ2v) is 11.2. The van der Waals surface area contributed by atoms with Crippen molar-refractivity contribution in [2.45, 2.75) is 84.0 Å². The summed E-state index contributed by atoms with van der Waals surface area (Å²) in [6, 6.07) is 0. The second-order valence-electron chi connectivity index (χ2n) is 7.45. The van der Waals surface area contributed by atoms with Crippen LogP contribution in [0.1, 0.15) is 73.6 Å². The summed E-state index contributed by atoms with van der Waals surface area (Å²) < 4.78 is 0. The highest BCUT2D eigenvalue weighted by Gasteiger charge is 2.32. The van der Waals surface area contributed by atoms with E-state index >= 15 is 0 Å². The average Bonchev–Trinajstić information content (AvgIpc) is 2.15. The minimum Gasteiger partial charge on any atom is -0.0809 e. The maximum absolute atomic E-state index is 2.59. The first-order valence-electron chi connectivity index (χ1n) is 7.19. The lowest BCUT2D eigenvalue weighted by Crippen LogP contribution is -2.23. The van der Waals surface area contributed by atoms with Crippen molar-refractivity contribution < 1.29 is 0 Å². The highest BCUT2D eigenvalue weighted by Crippen LogP contribution is 2.60. The molecule has 1 aliphatic rings. The number of allylic oxidation sites excluding steroid dienone is 1. The van der Waals surface area contributed by atoms with Crippen LogP contribution in [0.3, 0.4) is 0 Å². The van der Waals surface area contributed by atoms with Crippen molar-refractivity contribution in [2.24, 2.45) is 5.92 Å². The van der Waals surface area contributed by atoms with Crippen LogP contribution < -0.4 is 0 Å². The van der Waals surface area contributed by atoms with Crippen LogP contribution >= 0.6 is 7.92 Å². The summed E-state index contributed by atoms with van der Waals surface area (Å²) in [5.41, 5.74) is 0. The van der Waals surface area contributed by atoms with Crippen LogP contribution in [-0.4, -0.2) is 10.3 Å². The van der Waals surface area contributed by atoms with Crippen LogP contribution in [0.2, 0.25) is 0 Å². The third kappa shape index (κ3) is 5.12. The predicted octanol–water partition coefficient (Wildman–Crippen LogP) is 6.16. The average molecular weight is 254 g/mol. The Bertz CT molecular complexity index is 232. The molecule has 0 unspecified atom stereocenters. The first-order chi connectivity index (χ1) is 7.71. The molecule has 1 rings (SSSR count). The van der Waals surface area contributed by atoms with Crippen molar-refractivity contribution >= 4 is 7.92 Å². The zero-order valence-corrected chi connectivity index (χ0v) is 13.6. The summed E-state index contributed by atoms with van der Waals surface area (Å²) in [7, 11) is -0.0482. The Labute approximate surface area is 110 Å². The minimum atomic E-state index is -0.0482. The molecule has 0 amide bonds. The molecule has 0 aromatic heterocycles. The van der Waals surface area contributed by atoms with Crippen molar-refractivity contribution in [3.63, 3.8) is 0 Å². The fourth-order valence-corrected chi connectivity index (χ4v) is 6.31. The molecule has 0 heterocycles. The second kappa shape index (κ2) is 5.87. The Hall–Kier alpha value is 0.170. The van der Waals surface area contributed by atoms with Crippen LogP contribution in [0.25, 0.3) is 0 Å². The maximum Gasteiger partial charge on any atom is -0.0140 e. The van der Waals surface area contributed by atoms with Gasteiger partial charge in [-0.25, -0.2) is 0 Å². The van der Waals surface area contributed by atoms with E-state index < -0.39 is 0 Å². The monoisotopic (exact) mass is 254 g/mol. The quantitative estimate of drug-likeness (QED) is 0.518. The lowest BCUT2D eigenvalue weighted by atomic mass is 9.90. The van der Waals surface area contributed by atoms with E-state index in [2.05, 4.69) is 53.4 Å². The molecular weight excluding hydrogens is 223 g/mol. The largest absolute Gasteiger partial charge is 0.0809 e. The van der Waals surface area contributed by atoms with Gasteiger partial charge < -0.3 is 0 Å². The molecule has 100 valence electrons. The number of hydrogen-bond donors (Lipinski definition) is 0. The van der Waals surface area contributed by atoms with Crippen molar-refractivity contribution in [2.75, 3.05) is 0 Å². The number of rotatable bonds is 2. The molecule has 1 fully saturated rings. The summed E-state index contributed by atoms with van der Waals surface area (Å²) >= 11 is 0. The molecule has 17 heavy (non-hydrogen) atoms. The van der Waals surface area contributed by atoms with Crippen LogP contribution in [0.4, 0.5) is 0 Å². The Morgan fingerprint density at radius 1 is 0.824 bits per heavy atom. The van der Waals surface area contributed by atoms with E-state index in [0.29, 0.717) is 10.3 Å². The van der Waals surface area contributed by atoms with Gasteiger partial charge in [0.2, 0.25) is 0 Å². The molecule has 0 aliphatic heterocycles. The third-order valence-corrected chi connectivity index (χ3v) is 6.96. The highest BCUT2D eigenvalue weighted by molar-refractivity contribution is 7.63. The first kappa shape index (κ1) is 15.2. The fourth-order valence-electron chi connectivity index (χ4n) is 2.99. The van der Waals surface area contributed by atoms with Gasteiger partial charge in [-0.3, -0.25) is 0 Å². The maximum atomic E-state index is 2.59. The van der Waals surface area contributed by atoms with Gasteiger partial charge >= 0.3 is 0 Å². The summed E-state index contributed by atoms with van der Waals surface area (Å²) in [5, 5.41) is 0.859.